The van der Waals surface area contributed by atoms with Crippen LogP contribution in [0.1, 0.15) is 72.1 Å². The summed E-state index contributed by atoms with van der Waals surface area (Å²) in [6, 6.07) is 0. The van der Waals surface area contributed by atoms with E-state index in [2.05, 4.69) is 49.0 Å². The molecule has 0 unspecified atom stereocenters. The third-order valence-corrected chi connectivity index (χ3v) is 8.56. The molecule has 176 valence electrons. The van der Waals surface area contributed by atoms with Gasteiger partial charge in [0.05, 0.1) is 54.4 Å². The molecule has 2 nitrogen and oxygen atoms in total. The Balaban J connectivity index is -0.000000960. The van der Waals surface area contributed by atoms with Crippen molar-refractivity contribution in [2.45, 2.75) is 72.1 Å². The maximum atomic E-state index is 2.41. The molecule has 0 aliphatic rings. The van der Waals surface area contributed by atoms with E-state index in [4.69, 9.17) is 0 Å². The van der Waals surface area contributed by atoms with E-state index in [1.165, 1.54) is 104 Å². The van der Waals surface area contributed by atoms with Crippen molar-refractivity contribution in [2.24, 2.45) is 0 Å². The number of hydrogen-bond donors (Lipinski definition) is 0. The normalized spacial score (nSPS) is 11.6. The fourth-order valence-corrected chi connectivity index (χ4v) is 5.11. The molecule has 28 heavy (non-hydrogen) atoms. The Hall–Kier alpha value is 2.46. The van der Waals surface area contributed by atoms with Crippen molar-refractivity contribution in [2.75, 3.05) is 71.6 Å². The Labute approximate surface area is 233 Å². The third-order valence-electron chi connectivity index (χ3n) is 6.01. The van der Waals surface area contributed by atoms with Crippen LogP contribution in [0.25, 0.3) is 0 Å². The van der Waals surface area contributed by atoms with Gasteiger partial charge in [-0.25, -0.2) is 0 Å². The minimum absolute atomic E-state index is 0. The molecule has 0 aromatic heterocycles. The fraction of sp³-hybridized carbons (Fsp3) is 1.00. The van der Waals surface area contributed by atoms with E-state index in [0.717, 1.165) is 0 Å². The SMILES string of the molecule is CC[S+](CCCCCC[N+](C)(C)CC)CCCCCC[N+](C)(C)CC.[I-].[I-].[I-]. The molecule has 0 heterocycles. The van der Waals surface area contributed by atoms with E-state index >= 15 is 0 Å². The van der Waals surface area contributed by atoms with Crippen LogP contribution in [0, 0.1) is 0 Å². The van der Waals surface area contributed by atoms with Gasteiger partial charge < -0.3 is 80.9 Å². The van der Waals surface area contributed by atoms with Crippen LogP contribution in [0.5, 0.6) is 0 Å². The standard InChI is InChI=1S/C22H51N2S.3HI/c1-8-23(4,5)19-15-11-13-17-21-25(10-3)22-18-14-12-16-20-24(6,7)9-2;;;/h8-22H2,1-7H3;3*1H/q+3;;;/p-3. The molecule has 0 saturated heterocycles. The summed E-state index contributed by atoms with van der Waals surface area (Å²) in [5.74, 6) is 4.42. The average molecular weight is 756 g/mol. The number of hydrogen-bond acceptors (Lipinski definition) is 0. The lowest BCUT2D eigenvalue weighted by Gasteiger charge is -2.28. The van der Waals surface area contributed by atoms with Crippen molar-refractivity contribution in [1.29, 1.82) is 0 Å². The summed E-state index contributed by atoms with van der Waals surface area (Å²) >= 11 is 0. The van der Waals surface area contributed by atoms with Crippen LogP contribution in [-0.4, -0.2) is 80.6 Å². The van der Waals surface area contributed by atoms with Gasteiger partial charge in [0.15, 0.2) is 0 Å². The molecule has 0 atom stereocenters. The van der Waals surface area contributed by atoms with Gasteiger partial charge in [0.2, 0.25) is 0 Å². The second-order valence-corrected chi connectivity index (χ2v) is 11.7. The number of unbranched alkanes of at least 4 members (excludes halogenated alkanes) is 6. The molecule has 0 N–H and O–H groups in total. The molecule has 0 radical (unpaired) electrons. The van der Waals surface area contributed by atoms with E-state index in [-0.39, 0.29) is 71.9 Å². The first kappa shape index (κ1) is 37.8. The monoisotopic (exact) mass is 756 g/mol. The third kappa shape index (κ3) is 23.1. The van der Waals surface area contributed by atoms with Crippen molar-refractivity contribution in [3.05, 3.63) is 0 Å². The zero-order valence-corrected chi connectivity index (χ0v) is 27.3. The number of rotatable bonds is 17. The van der Waals surface area contributed by atoms with Gasteiger partial charge in [0.1, 0.15) is 17.3 Å². The molecular weight excluding hydrogens is 705 g/mol. The van der Waals surface area contributed by atoms with Gasteiger partial charge in [0.25, 0.3) is 0 Å². The Morgan fingerprint density at radius 2 is 0.821 bits per heavy atom. The summed E-state index contributed by atoms with van der Waals surface area (Å²) in [4.78, 5) is 0. The van der Waals surface area contributed by atoms with E-state index < -0.39 is 0 Å². The minimum atomic E-state index is 0. The van der Waals surface area contributed by atoms with Crippen molar-refractivity contribution in [3.8, 4) is 0 Å². The van der Waals surface area contributed by atoms with E-state index in [1.54, 1.807) is 0 Å². The van der Waals surface area contributed by atoms with E-state index in [9.17, 15) is 0 Å². The second kappa shape index (κ2) is 22.6. The molecule has 0 saturated carbocycles. The van der Waals surface area contributed by atoms with Crippen molar-refractivity contribution < 1.29 is 80.9 Å². The lowest BCUT2D eigenvalue weighted by Crippen LogP contribution is -3.00. The van der Waals surface area contributed by atoms with Gasteiger partial charge in [0, 0.05) is 0 Å². The first-order valence-corrected chi connectivity index (χ1v) is 12.8. The van der Waals surface area contributed by atoms with Gasteiger partial charge in [-0.1, -0.05) is 0 Å². The molecule has 0 fully saturated rings. The van der Waals surface area contributed by atoms with E-state index in [1.807, 2.05) is 0 Å². The minimum Gasteiger partial charge on any atom is -1.00 e. The predicted molar refractivity (Wildman–Crippen MR) is 120 cm³/mol. The Morgan fingerprint density at radius 1 is 0.500 bits per heavy atom. The molecule has 0 spiro atoms. The summed E-state index contributed by atoms with van der Waals surface area (Å²) in [7, 11) is 10.1. The van der Waals surface area contributed by atoms with Gasteiger partial charge in [-0.2, -0.15) is 0 Å². The predicted octanol–water partition coefficient (Wildman–Crippen LogP) is -4.05. The highest BCUT2D eigenvalue weighted by Gasteiger charge is 2.15. The highest BCUT2D eigenvalue weighted by molar-refractivity contribution is 7.96. The van der Waals surface area contributed by atoms with Crippen LogP contribution < -0.4 is 71.9 Å². The van der Waals surface area contributed by atoms with Crippen LogP contribution in [0.2, 0.25) is 0 Å². The maximum Gasteiger partial charge on any atom is 0.108 e. The molecule has 0 amide bonds. The Bertz CT molecular complexity index is 288. The quantitative estimate of drug-likeness (QED) is 0.0615. The first-order chi connectivity index (χ1) is 11.8. The molecule has 0 rings (SSSR count). The summed E-state index contributed by atoms with van der Waals surface area (Å²) in [6.07, 6.45) is 11.6. The summed E-state index contributed by atoms with van der Waals surface area (Å²) in [5.41, 5.74) is 0. The summed E-state index contributed by atoms with van der Waals surface area (Å²) in [6.45, 7) is 12.2. The molecule has 0 aromatic rings. The Morgan fingerprint density at radius 3 is 1.11 bits per heavy atom. The van der Waals surface area contributed by atoms with Crippen LogP contribution in [0.3, 0.4) is 0 Å². The van der Waals surface area contributed by atoms with Gasteiger partial charge in [-0.15, -0.1) is 0 Å². The molecule has 0 aromatic carbocycles. The second-order valence-electron chi connectivity index (χ2n) is 9.09. The number of quaternary nitrogens is 2. The first-order valence-electron chi connectivity index (χ1n) is 11.0. The summed E-state index contributed by atoms with van der Waals surface area (Å²) in [5, 5.41) is 0. The highest BCUT2D eigenvalue weighted by atomic mass is 127. The van der Waals surface area contributed by atoms with Crippen LogP contribution >= 0.6 is 0 Å². The molecule has 0 aliphatic heterocycles. The molecular formula is C22H51I3N2S. The maximum absolute atomic E-state index is 2.41. The van der Waals surface area contributed by atoms with E-state index in [0.29, 0.717) is 10.9 Å². The van der Waals surface area contributed by atoms with Gasteiger partial charge >= 0.3 is 0 Å². The number of halogens is 3. The van der Waals surface area contributed by atoms with Crippen molar-refractivity contribution >= 4 is 10.9 Å². The van der Waals surface area contributed by atoms with Gasteiger partial charge in [-0.3, -0.25) is 0 Å². The highest BCUT2D eigenvalue weighted by Crippen LogP contribution is 2.11. The van der Waals surface area contributed by atoms with Crippen LogP contribution in [-0.2, 0) is 10.9 Å². The number of nitrogens with zero attached hydrogens (tertiary/aromatic N) is 2. The largest absolute Gasteiger partial charge is 1.00 e. The fourth-order valence-electron chi connectivity index (χ4n) is 3.11. The van der Waals surface area contributed by atoms with Crippen LogP contribution in [0.4, 0.5) is 0 Å². The molecule has 6 heteroatoms. The zero-order chi connectivity index (χ0) is 19.2. The smallest absolute Gasteiger partial charge is 0.108 e. The lowest BCUT2D eigenvalue weighted by molar-refractivity contribution is -0.888. The molecule has 0 aliphatic carbocycles. The van der Waals surface area contributed by atoms with Crippen molar-refractivity contribution in [3.63, 3.8) is 0 Å². The molecule has 0 bridgehead atoms. The zero-order valence-electron chi connectivity index (χ0n) is 20.0. The lowest BCUT2D eigenvalue weighted by atomic mass is 10.2. The van der Waals surface area contributed by atoms with Crippen molar-refractivity contribution in [1.82, 2.24) is 0 Å². The average Bonchev–Trinajstić information content (AvgIpc) is 2.58. The van der Waals surface area contributed by atoms with Gasteiger partial charge in [-0.05, 0) is 83.0 Å². The topological polar surface area (TPSA) is 0 Å². The Kier molecular flexibility index (Phi) is 30.5. The summed E-state index contributed by atoms with van der Waals surface area (Å²) < 4.78 is 2.38. The van der Waals surface area contributed by atoms with Crippen LogP contribution in [0.15, 0.2) is 0 Å².